The van der Waals surface area contributed by atoms with Gasteiger partial charge in [0.2, 0.25) is 0 Å². The lowest BCUT2D eigenvalue weighted by molar-refractivity contribution is 0.0693. The summed E-state index contributed by atoms with van der Waals surface area (Å²) in [4.78, 5) is 18.9. The zero-order valence-corrected chi connectivity index (χ0v) is 16.6. The number of likely N-dealkylation sites (tertiary alicyclic amines) is 1. The molecule has 0 spiro atoms. The standard InChI is InChI=1S/C18H21N3O4.2ClH/c1-19-13-3-2-6-21(10-13)18(22)16-17(25-11-20-16)12-4-5-14-15(9-12)24-8-7-23-14;;/h4-5,9,11,13,19H,2-3,6-8,10H2,1H3;2*1H. The fourth-order valence-corrected chi connectivity index (χ4v) is 3.33. The van der Waals surface area contributed by atoms with Gasteiger partial charge in [0.05, 0.1) is 0 Å². The Morgan fingerprint density at radius 1 is 1.22 bits per heavy atom. The van der Waals surface area contributed by atoms with E-state index in [-0.39, 0.29) is 30.7 Å². The molecule has 1 amide bonds. The van der Waals surface area contributed by atoms with Crippen molar-refractivity contribution in [3.8, 4) is 22.8 Å². The lowest BCUT2D eigenvalue weighted by Crippen LogP contribution is -2.47. The van der Waals surface area contributed by atoms with Crippen molar-refractivity contribution in [2.45, 2.75) is 18.9 Å². The van der Waals surface area contributed by atoms with E-state index in [0.29, 0.717) is 48.8 Å². The van der Waals surface area contributed by atoms with Gasteiger partial charge < -0.3 is 24.1 Å². The van der Waals surface area contributed by atoms with Gasteiger partial charge in [-0.05, 0) is 38.1 Å². The summed E-state index contributed by atoms with van der Waals surface area (Å²) < 4.78 is 16.7. The van der Waals surface area contributed by atoms with Crippen LogP contribution in [0, 0.1) is 0 Å². The molecule has 4 rings (SSSR count). The summed E-state index contributed by atoms with van der Waals surface area (Å²) in [5.74, 6) is 1.73. The van der Waals surface area contributed by atoms with Crippen molar-refractivity contribution >= 4 is 30.7 Å². The molecular formula is C18H23Cl2N3O4. The Hall–Kier alpha value is -1.96. The molecule has 0 bridgehead atoms. The highest BCUT2D eigenvalue weighted by Crippen LogP contribution is 2.35. The second-order valence-electron chi connectivity index (χ2n) is 6.27. The van der Waals surface area contributed by atoms with Crippen LogP contribution >= 0.6 is 24.8 Å². The number of halogens is 2. The van der Waals surface area contributed by atoms with Crippen LogP contribution in [0.25, 0.3) is 11.3 Å². The third-order valence-corrected chi connectivity index (χ3v) is 4.69. The molecule has 27 heavy (non-hydrogen) atoms. The number of rotatable bonds is 3. The highest BCUT2D eigenvalue weighted by Gasteiger charge is 2.28. The average molecular weight is 416 g/mol. The smallest absolute Gasteiger partial charge is 0.276 e. The Morgan fingerprint density at radius 3 is 2.78 bits per heavy atom. The minimum atomic E-state index is -0.0985. The van der Waals surface area contributed by atoms with E-state index in [1.54, 1.807) is 0 Å². The number of fused-ring (bicyclic) bond motifs is 1. The molecule has 0 radical (unpaired) electrons. The molecule has 2 aliphatic heterocycles. The average Bonchev–Trinajstić information content (AvgIpc) is 3.17. The predicted octanol–water partition coefficient (Wildman–Crippen LogP) is 2.78. The molecule has 1 saturated heterocycles. The number of piperidine rings is 1. The third-order valence-electron chi connectivity index (χ3n) is 4.69. The largest absolute Gasteiger partial charge is 0.486 e. The highest BCUT2D eigenvalue weighted by molar-refractivity contribution is 5.97. The van der Waals surface area contributed by atoms with Crippen molar-refractivity contribution in [3.63, 3.8) is 0 Å². The molecule has 0 saturated carbocycles. The number of nitrogens with zero attached hydrogens (tertiary/aromatic N) is 2. The minimum Gasteiger partial charge on any atom is -0.486 e. The Bertz CT molecular complexity index is 784. The molecule has 1 atom stereocenters. The van der Waals surface area contributed by atoms with E-state index >= 15 is 0 Å². The Balaban J connectivity index is 0.00000131. The number of aromatic nitrogens is 1. The van der Waals surface area contributed by atoms with Gasteiger partial charge in [0.1, 0.15) is 13.2 Å². The number of likely N-dealkylation sites (N-methyl/N-ethyl adjacent to an activating group) is 1. The van der Waals surface area contributed by atoms with Crippen LogP contribution in [0.2, 0.25) is 0 Å². The van der Waals surface area contributed by atoms with Gasteiger partial charge in [0, 0.05) is 24.7 Å². The van der Waals surface area contributed by atoms with Crippen LogP contribution in [0.1, 0.15) is 23.3 Å². The van der Waals surface area contributed by atoms with E-state index in [1.807, 2.05) is 30.1 Å². The van der Waals surface area contributed by atoms with Crippen LogP contribution in [0.4, 0.5) is 0 Å². The van der Waals surface area contributed by atoms with Gasteiger partial charge in [-0.15, -0.1) is 24.8 Å². The number of carbonyl (C=O) groups excluding carboxylic acids is 1. The molecule has 9 heteroatoms. The van der Waals surface area contributed by atoms with Gasteiger partial charge in [-0.2, -0.15) is 0 Å². The van der Waals surface area contributed by atoms with Crippen LogP contribution in [0.5, 0.6) is 11.5 Å². The summed E-state index contributed by atoms with van der Waals surface area (Å²) in [5, 5.41) is 3.25. The van der Waals surface area contributed by atoms with Gasteiger partial charge in [0.25, 0.3) is 5.91 Å². The summed E-state index contributed by atoms with van der Waals surface area (Å²) in [5.41, 5.74) is 1.10. The van der Waals surface area contributed by atoms with Gasteiger partial charge in [-0.25, -0.2) is 4.98 Å². The Labute approximate surface area is 170 Å². The molecule has 1 aromatic carbocycles. The number of hydrogen-bond donors (Lipinski definition) is 1. The SMILES string of the molecule is CNC1CCCN(C(=O)c2ncoc2-c2ccc3c(c2)OCCO3)C1.Cl.Cl. The van der Waals surface area contributed by atoms with Crippen molar-refractivity contribution in [3.05, 3.63) is 30.3 Å². The molecule has 1 aromatic heterocycles. The van der Waals surface area contributed by atoms with Crippen LogP contribution in [-0.2, 0) is 0 Å². The Kier molecular flexibility index (Phi) is 7.35. The first-order valence-electron chi connectivity index (χ1n) is 8.56. The molecule has 2 aromatic rings. The molecule has 1 unspecified atom stereocenters. The maximum atomic E-state index is 12.9. The monoisotopic (exact) mass is 415 g/mol. The number of carbonyl (C=O) groups is 1. The van der Waals surface area contributed by atoms with Crippen molar-refractivity contribution in [1.29, 1.82) is 0 Å². The maximum Gasteiger partial charge on any atom is 0.276 e. The van der Waals surface area contributed by atoms with Gasteiger partial charge in [-0.3, -0.25) is 4.79 Å². The second kappa shape index (κ2) is 9.30. The Morgan fingerprint density at radius 2 is 2.00 bits per heavy atom. The first kappa shape index (κ1) is 21.3. The van der Waals surface area contributed by atoms with Crippen LogP contribution < -0.4 is 14.8 Å². The maximum absolute atomic E-state index is 12.9. The van der Waals surface area contributed by atoms with Crippen molar-refractivity contribution < 1.29 is 18.7 Å². The lowest BCUT2D eigenvalue weighted by Gasteiger charge is -2.32. The van der Waals surface area contributed by atoms with Gasteiger partial charge >= 0.3 is 0 Å². The third kappa shape index (κ3) is 4.31. The van der Waals surface area contributed by atoms with E-state index < -0.39 is 0 Å². The summed E-state index contributed by atoms with van der Waals surface area (Å²) in [6.45, 7) is 2.48. The van der Waals surface area contributed by atoms with E-state index in [1.165, 1.54) is 6.39 Å². The number of benzene rings is 1. The van der Waals surface area contributed by atoms with Crippen LogP contribution in [0.3, 0.4) is 0 Å². The normalized spacial score (nSPS) is 18.3. The van der Waals surface area contributed by atoms with E-state index in [0.717, 1.165) is 24.9 Å². The van der Waals surface area contributed by atoms with Gasteiger partial charge in [-0.1, -0.05) is 0 Å². The first-order valence-corrected chi connectivity index (χ1v) is 8.56. The first-order chi connectivity index (χ1) is 12.3. The number of oxazole rings is 1. The molecule has 0 aliphatic carbocycles. The zero-order chi connectivity index (χ0) is 17.2. The molecule has 1 N–H and O–H groups in total. The molecule has 148 valence electrons. The fraction of sp³-hybridized carbons (Fsp3) is 0.444. The van der Waals surface area contributed by atoms with Crippen molar-refractivity contribution in [2.24, 2.45) is 0 Å². The van der Waals surface area contributed by atoms with E-state index in [4.69, 9.17) is 13.9 Å². The molecule has 2 aliphatic rings. The van der Waals surface area contributed by atoms with Crippen LogP contribution in [-0.4, -0.2) is 55.2 Å². The number of nitrogens with one attached hydrogen (secondary N) is 1. The highest BCUT2D eigenvalue weighted by atomic mass is 35.5. The van der Waals surface area contributed by atoms with E-state index in [9.17, 15) is 4.79 Å². The second-order valence-corrected chi connectivity index (χ2v) is 6.27. The fourth-order valence-electron chi connectivity index (χ4n) is 3.33. The summed E-state index contributed by atoms with van der Waals surface area (Å²) in [6.07, 6.45) is 3.38. The molecule has 3 heterocycles. The molecule has 7 nitrogen and oxygen atoms in total. The van der Waals surface area contributed by atoms with Crippen LogP contribution in [0.15, 0.2) is 29.0 Å². The minimum absolute atomic E-state index is 0. The summed E-state index contributed by atoms with van der Waals surface area (Å²) >= 11 is 0. The van der Waals surface area contributed by atoms with Crippen molar-refractivity contribution in [1.82, 2.24) is 15.2 Å². The topological polar surface area (TPSA) is 76.8 Å². The lowest BCUT2D eigenvalue weighted by atomic mass is 10.0. The zero-order valence-electron chi connectivity index (χ0n) is 15.0. The summed E-state index contributed by atoms with van der Waals surface area (Å²) in [7, 11) is 1.93. The predicted molar refractivity (Wildman–Crippen MR) is 105 cm³/mol. The number of ether oxygens (including phenoxy) is 2. The summed E-state index contributed by atoms with van der Waals surface area (Å²) in [6, 6.07) is 5.84. The number of hydrogen-bond acceptors (Lipinski definition) is 6. The van der Waals surface area contributed by atoms with E-state index in [2.05, 4.69) is 10.3 Å². The van der Waals surface area contributed by atoms with Gasteiger partial charge in [0.15, 0.2) is 29.3 Å². The molecular weight excluding hydrogens is 393 g/mol. The molecule has 1 fully saturated rings. The van der Waals surface area contributed by atoms with Crippen molar-refractivity contribution in [2.75, 3.05) is 33.4 Å². The quantitative estimate of drug-likeness (QED) is 0.830. The number of amides is 1.